The van der Waals surface area contributed by atoms with E-state index in [4.69, 9.17) is 5.73 Å². The second-order valence-electron chi connectivity index (χ2n) is 6.44. The first kappa shape index (κ1) is 15.3. The highest BCUT2D eigenvalue weighted by Gasteiger charge is 2.33. The van der Waals surface area contributed by atoms with Crippen LogP contribution in [0.15, 0.2) is 0 Å². The molecule has 2 amide bonds. The lowest BCUT2D eigenvalue weighted by molar-refractivity contribution is -0.143. The van der Waals surface area contributed by atoms with Gasteiger partial charge in [0.15, 0.2) is 0 Å². The van der Waals surface area contributed by atoms with Crippen LogP contribution in [0.4, 0.5) is 0 Å². The van der Waals surface area contributed by atoms with Crippen molar-refractivity contribution in [1.29, 1.82) is 0 Å². The number of carbonyl (C=O) groups excluding carboxylic acids is 2. The molecule has 1 saturated carbocycles. The van der Waals surface area contributed by atoms with Crippen molar-refractivity contribution in [3.05, 3.63) is 0 Å². The van der Waals surface area contributed by atoms with Crippen LogP contribution < -0.4 is 5.73 Å². The standard InChI is InChI=1S/C15H27N3O2/c1-11-9-12(16)5-6-13(11)15(20)17(2)10-14(19)18-7-3-4-8-18/h11-13H,3-10,16H2,1-2H3. The van der Waals surface area contributed by atoms with Gasteiger partial charge in [0, 0.05) is 32.1 Å². The number of amides is 2. The number of rotatable bonds is 3. The topological polar surface area (TPSA) is 66.6 Å². The molecule has 0 aromatic rings. The van der Waals surface area contributed by atoms with Gasteiger partial charge in [0.1, 0.15) is 0 Å². The molecule has 5 heteroatoms. The van der Waals surface area contributed by atoms with Crippen molar-refractivity contribution in [2.45, 2.75) is 45.1 Å². The first-order valence-corrected chi connectivity index (χ1v) is 7.77. The van der Waals surface area contributed by atoms with E-state index in [9.17, 15) is 9.59 Å². The third kappa shape index (κ3) is 3.51. The van der Waals surface area contributed by atoms with Gasteiger partial charge >= 0.3 is 0 Å². The van der Waals surface area contributed by atoms with Gasteiger partial charge in [-0.2, -0.15) is 0 Å². The zero-order valence-corrected chi connectivity index (χ0v) is 12.7. The zero-order valence-electron chi connectivity index (χ0n) is 12.7. The Balaban J connectivity index is 1.86. The van der Waals surface area contributed by atoms with Crippen LogP contribution in [0.3, 0.4) is 0 Å². The van der Waals surface area contributed by atoms with Crippen LogP contribution in [0.1, 0.15) is 39.0 Å². The highest BCUT2D eigenvalue weighted by Crippen LogP contribution is 2.30. The van der Waals surface area contributed by atoms with Gasteiger partial charge in [-0.3, -0.25) is 9.59 Å². The van der Waals surface area contributed by atoms with Crippen LogP contribution in [0.2, 0.25) is 0 Å². The summed E-state index contributed by atoms with van der Waals surface area (Å²) in [7, 11) is 1.75. The predicted octanol–water partition coefficient (Wildman–Crippen LogP) is 0.831. The van der Waals surface area contributed by atoms with E-state index in [0.717, 1.165) is 45.2 Å². The summed E-state index contributed by atoms with van der Waals surface area (Å²) in [5, 5.41) is 0. The largest absolute Gasteiger partial charge is 0.341 e. The lowest BCUT2D eigenvalue weighted by Gasteiger charge is -2.34. The van der Waals surface area contributed by atoms with Gasteiger partial charge < -0.3 is 15.5 Å². The third-order valence-electron chi connectivity index (χ3n) is 4.73. The number of likely N-dealkylation sites (N-methyl/N-ethyl adjacent to an activating group) is 1. The Morgan fingerprint density at radius 2 is 1.90 bits per heavy atom. The molecule has 20 heavy (non-hydrogen) atoms. The molecule has 2 N–H and O–H groups in total. The van der Waals surface area contributed by atoms with Gasteiger partial charge in [-0.1, -0.05) is 6.92 Å². The maximum Gasteiger partial charge on any atom is 0.242 e. The number of hydrogen-bond acceptors (Lipinski definition) is 3. The number of likely N-dealkylation sites (tertiary alicyclic amines) is 1. The van der Waals surface area contributed by atoms with E-state index in [1.807, 2.05) is 4.90 Å². The first-order valence-electron chi connectivity index (χ1n) is 7.77. The lowest BCUT2D eigenvalue weighted by Crippen LogP contribution is -2.45. The van der Waals surface area contributed by atoms with Gasteiger partial charge in [0.2, 0.25) is 11.8 Å². The summed E-state index contributed by atoms with van der Waals surface area (Å²) in [6.45, 7) is 4.00. The monoisotopic (exact) mass is 281 g/mol. The van der Waals surface area contributed by atoms with Gasteiger partial charge in [0.05, 0.1) is 6.54 Å². The molecular formula is C15H27N3O2. The molecule has 0 spiro atoms. The van der Waals surface area contributed by atoms with Crippen molar-refractivity contribution in [1.82, 2.24) is 9.80 Å². The van der Waals surface area contributed by atoms with Crippen molar-refractivity contribution < 1.29 is 9.59 Å². The number of hydrogen-bond donors (Lipinski definition) is 1. The van der Waals surface area contributed by atoms with Crippen molar-refractivity contribution in [2.75, 3.05) is 26.7 Å². The zero-order chi connectivity index (χ0) is 14.7. The Hall–Kier alpha value is -1.10. The predicted molar refractivity (Wildman–Crippen MR) is 77.9 cm³/mol. The average molecular weight is 281 g/mol. The maximum absolute atomic E-state index is 12.5. The molecule has 5 nitrogen and oxygen atoms in total. The molecule has 0 bridgehead atoms. The van der Waals surface area contributed by atoms with Crippen molar-refractivity contribution in [2.24, 2.45) is 17.6 Å². The van der Waals surface area contributed by atoms with Gasteiger partial charge in [0.25, 0.3) is 0 Å². The van der Waals surface area contributed by atoms with Crippen molar-refractivity contribution >= 4 is 11.8 Å². The molecular weight excluding hydrogens is 254 g/mol. The summed E-state index contributed by atoms with van der Waals surface area (Å²) in [5.74, 6) is 0.539. The van der Waals surface area contributed by atoms with Gasteiger partial charge in [-0.25, -0.2) is 0 Å². The molecule has 1 saturated heterocycles. The van der Waals surface area contributed by atoms with E-state index in [2.05, 4.69) is 6.92 Å². The molecule has 1 aliphatic heterocycles. The van der Waals surface area contributed by atoms with Gasteiger partial charge in [-0.05, 0) is 38.0 Å². The SMILES string of the molecule is CC1CC(N)CCC1C(=O)N(C)CC(=O)N1CCCC1. The minimum absolute atomic E-state index is 0.0335. The molecule has 3 atom stereocenters. The molecule has 3 unspecified atom stereocenters. The van der Waals surface area contributed by atoms with Crippen LogP contribution >= 0.6 is 0 Å². The van der Waals surface area contributed by atoms with Crippen LogP contribution in [-0.2, 0) is 9.59 Å². The van der Waals surface area contributed by atoms with Crippen LogP contribution in [0.5, 0.6) is 0 Å². The molecule has 2 rings (SSSR count). The molecule has 0 radical (unpaired) electrons. The van der Waals surface area contributed by atoms with Crippen molar-refractivity contribution in [3.8, 4) is 0 Å². The van der Waals surface area contributed by atoms with Crippen molar-refractivity contribution in [3.63, 3.8) is 0 Å². The lowest BCUT2D eigenvalue weighted by atomic mass is 9.77. The molecule has 1 heterocycles. The Kier molecular flexibility index (Phi) is 5.02. The summed E-state index contributed by atoms with van der Waals surface area (Å²) in [6.07, 6.45) is 4.84. The molecule has 2 fully saturated rings. The maximum atomic E-state index is 12.5. The number of carbonyl (C=O) groups is 2. The summed E-state index contributed by atoms with van der Waals surface area (Å²) in [5.41, 5.74) is 5.94. The third-order valence-corrected chi connectivity index (χ3v) is 4.73. The van der Waals surface area contributed by atoms with Crippen LogP contribution in [-0.4, -0.2) is 54.3 Å². The Morgan fingerprint density at radius 3 is 2.50 bits per heavy atom. The molecule has 0 aromatic heterocycles. The second kappa shape index (κ2) is 6.57. The second-order valence-corrected chi connectivity index (χ2v) is 6.44. The fraction of sp³-hybridized carbons (Fsp3) is 0.867. The fourth-order valence-corrected chi connectivity index (χ4v) is 3.44. The highest BCUT2D eigenvalue weighted by atomic mass is 16.2. The Labute approximate surface area is 121 Å². The summed E-state index contributed by atoms with van der Waals surface area (Å²) in [6, 6.07) is 0.227. The van der Waals surface area contributed by atoms with Crippen LogP contribution in [0, 0.1) is 11.8 Å². The average Bonchev–Trinajstić information content (AvgIpc) is 2.91. The number of nitrogens with two attached hydrogens (primary N) is 1. The normalized spacial score (nSPS) is 30.4. The highest BCUT2D eigenvalue weighted by molar-refractivity contribution is 5.86. The summed E-state index contributed by atoms with van der Waals surface area (Å²) in [4.78, 5) is 28.0. The molecule has 0 aromatic carbocycles. The quantitative estimate of drug-likeness (QED) is 0.833. The van der Waals surface area contributed by atoms with E-state index < -0.39 is 0 Å². The smallest absolute Gasteiger partial charge is 0.242 e. The van der Waals surface area contributed by atoms with Gasteiger partial charge in [-0.15, -0.1) is 0 Å². The Morgan fingerprint density at radius 1 is 1.25 bits per heavy atom. The minimum atomic E-state index is 0.0335. The summed E-state index contributed by atoms with van der Waals surface area (Å²) >= 11 is 0. The van der Waals surface area contributed by atoms with Crippen LogP contribution in [0.25, 0.3) is 0 Å². The van der Waals surface area contributed by atoms with E-state index >= 15 is 0 Å². The number of nitrogens with zero attached hydrogens (tertiary/aromatic N) is 2. The minimum Gasteiger partial charge on any atom is -0.341 e. The first-order chi connectivity index (χ1) is 9.49. The van der Waals surface area contributed by atoms with E-state index in [-0.39, 0.29) is 30.3 Å². The Bertz CT molecular complexity index is 366. The molecule has 1 aliphatic carbocycles. The van der Waals surface area contributed by atoms with E-state index in [0.29, 0.717) is 5.92 Å². The molecule has 114 valence electrons. The molecule has 2 aliphatic rings. The fourth-order valence-electron chi connectivity index (χ4n) is 3.44. The summed E-state index contributed by atoms with van der Waals surface area (Å²) < 4.78 is 0. The van der Waals surface area contributed by atoms with E-state index in [1.54, 1.807) is 11.9 Å². The van der Waals surface area contributed by atoms with E-state index in [1.165, 1.54) is 0 Å².